The van der Waals surface area contributed by atoms with Gasteiger partial charge >= 0.3 is 0 Å². The molecule has 2 aliphatic heterocycles. The van der Waals surface area contributed by atoms with Gasteiger partial charge in [-0.3, -0.25) is 4.90 Å². The molecule has 94 valence electrons. The quantitative estimate of drug-likeness (QED) is 0.774. The van der Waals surface area contributed by atoms with Gasteiger partial charge in [-0.15, -0.1) is 0 Å². The summed E-state index contributed by atoms with van der Waals surface area (Å²) < 4.78 is 5.92. The lowest BCUT2D eigenvalue weighted by Gasteiger charge is -2.44. The van der Waals surface area contributed by atoms with Crippen molar-refractivity contribution in [2.24, 2.45) is 0 Å². The first-order valence-corrected chi connectivity index (χ1v) is 6.61. The molecule has 0 aliphatic carbocycles. The number of ether oxygens (including phenoxy) is 1. The summed E-state index contributed by atoms with van der Waals surface area (Å²) in [5.41, 5.74) is 0.247. The van der Waals surface area contributed by atoms with E-state index in [0.29, 0.717) is 18.2 Å². The van der Waals surface area contributed by atoms with Crippen molar-refractivity contribution >= 4 is 0 Å². The zero-order valence-electron chi connectivity index (χ0n) is 11.1. The van der Waals surface area contributed by atoms with E-state index >= 15 is 0 Å². The largest absolute Gasteiger partial charge is 0.374 e. The van der Waals surface area contributed by atoms with E-state index < -0.39 is 0 Å². The van der Waals surface area contributed by atoms with Crippen LogP contribution >= 0.6 is 0 Å². The molecule has 3 unspecified atom stereocenters. The normalized spacial score (nSPS) is 40.1. The lowest BCUT2D eigenvalue weighted by Crippen LogP contribution is -2.61. The van der Waals surface area contributed by atoms with E-state index in [4.69, 9.17) is 4.74 Å². The maximum Gasteiger partial charge on any atom is 0.0706 e. The summed E-state index contributed by atoms with van der Waals surface area (Å²) in [4.78, 5) is 2.58. The van der Waals surface area contributed by atoms with Crippen molar-refractivity contribution in [1.82, 2.24) is 10.2 Å². The fraction of sp³-hybridized carbons (Fsp3) is 1.00. The SMILES string of the molecule is CC1CCC(CN2CC(C)(C)NCC2C)O1. The molecule has 0 saturated carbocycles. The molecule has 0 aromatic rings. The van der Waals surface area contributed by atoms with Gasteiger partial charge in [0.1, 0.15) is 0 Å². The molecule has 2 saturated heterocycles. The summed E-state index contributed by atoms with van der Waals surface area (Å²) in [5.74, 6) is 0. The van der Waals surface area contributed by atoms with Gasteiger partial charge in [-0.05, 0) is 40.5 Å². The summed E-state index contributed by atoms with van der Waals surface area (Å²) in [6.07, 6.45) is 3.40. The first-order chi connectivity index (χ1) is 7.46. The molecule has 1 N–H and O–H groups in total. The predicted octanol–water partition coefficient (Wildman–Crippen LogP) is 1.63. The third-order valence-corrected chi connectivity index (χ3v) is 3.86. The number of hydrogen-bond acceptors (Lipinski definition) is 3. The van der Waals surface area contributed by atoms with Gasteiger partial charge in [0.15, 0.2) is 0 Å². The Morgan fingerprint density at radius 3 is 2.69 bits per heavy atom. The molecule has 0 spiro atoms. The third kappa shape index (κ3) is 2.96. The number of nitrogens with zero attached hydrogens (tertiary/aromatic N) is 1. The van der Waals surface area contributed by atoms with Gasteiger partial charge in [-0.2, -0.15) is 0 Å². The summed E-state index contributed by atoms with van der Waals surface area (Å²) in [6, 6.07) is 0.632. The van der Waals surface area contributed by atoms with E-state index in [2.05, 4.69) is 37.9 Å². The van der Waals surface area contributed by atoms with Crippen LogP contribution in [0.3, 0.4) is 0 Å². The molecule has 2 heterocycles. The van der Waals surface area contributed by atoms with E-state index in [9.17, 15) is 0 Å². The number of nitrogens with one attached hydrogen (secondary N) is 1. The average Bonchev–Trinajstić information content (AvgIpc) is 2.58. The Morgan fingerprint density at radius 2 is 2.06 bits per heavy atom. The van der Waals surface area contributed by atoms with Crippen LogP contribution in [0, 0.1) is 0 Å². The minimum absolute atomic E-state index is 0.247. The van der Waals surface area contributed by atoms with Gasteiger partial charge in [0.25, 0.3) is 0 Å². The molecule has 0 bridgehead atoms. The molecule has 16 heavy (non-hydrogen) atoms. The van der Waals surface area contributed by atoms with Crippen LogP contribution in [0.5, 0.6) is 0 Å². The van der Waals surface area contributed by atoms with Crippen molar-refractivity contribution < 1.29 is 4.74 Å². The molecule has 0 amide bonds. The second-order valence-electron chi connectivity index (χ2n) is 6.19. The van der Waals surface area contributed by atoms with Gasteiger partial charge in [-0.1, -0.05) is 0 Å². The highest BCUT2D eigenvalue weighted by Gasteiger charge is 2.33. The number of piperazine rings is 1. The maximum atomic E-state index is 5.92. The summed E-state index contributed by atoms with van der Waals surface area (Å²) in [5, 5.41) is 3.59. The van der Waals surface area contributed by atoms with Crippen molar-refractivity contribution in [1.29, 1.82) is 0 Å². The lowest BCUT2D eigenvalue weighted by atomic mass is 9.98. The Balaban J connectivity index is 1.87. The van der Waals surface area contributed by atoms with E-state index in [-0.39, 0.29) is 5.54 Å². The van der Waals surface area contributed by atoms with Crippen molar-refractivity contribution in [2.45, 2.75) is 64.3 Å². The van der Waals surface area contributed by atoms with Crippen LogP contribution in [-0.4, -0.2) is 48.3 Å². The van der Waals surface area contributed by atoms with E-state index in [0.717, 1.165) is 19.6 Å². The molecular weight excluding hydrogens is 200 g/mol. The maximum absolute atomic E-state index is 5.92. The minimum Gasteiger partial charge on any atom is -0.374 e. The molecule has 2 fully saturated rings. The standard InChI is InChI=1S/C13H26N2O/c1-10-7-14-13(3,4)9-15(10)8-12-6-5-11(2)16-12/h10-12,14H,5-9H2,1-4H3. The first kappa shape index (κ1) is 12.3. The van der Waals surface area contributed by atoms with Gasteiger partial charge in [0.2, 0.25) is 0 Å². The summed E-state index contributed by atoms with van der Waals surface area (Å²) >= 11 is 0. The fourth-order valence-electron chi connectivity index (χ4n) is 2.80. The second kappa shape index (κ2) is 4.63. The highest BCUT2D eigenvalue weighted by atomic mass is 16.5. The minimum atomic E-state index is 0.247. The topological polar surface area (TPSA) is 24.5 Å². The monoisotopic (exact) mass is 226 g/mol. The van der Waals surface area contributed by atoms with E-state index in [1.54, 1.807) is 0 Å². The number of hydrogen-bond donors (Lipinski definition) is 1. The van der Waals surface area contributed by atoms with Crippen molar-refractivity contribution in [3.8, 4) is 0 Å². The molecule has 3 atom stereocenters. The smallest absolute Gasteiger partial charge is 0.0706 e. The molecule has 2 rings (SSSR count). The number of rotatable bonds is 2. The lowest BCUT2D eigenvalue weighted by molar-refractivity contribution is 0.00588. The highest BCUT2D eigenvalue weighted by Crippen LogP contribution is 2.22. The van der Waals surface area contributed by atoms with Crippen molar-refractivity contribution in [3.05, 3.63) is 0 Å². The first-order valence-electron chi connectivity index (χ1n) is 6.61. The van der Waals surface area contributed by atoms with Crippen LogP contribution in [0.4, 0.5) is 0 Å². The summed E-state index contributed by atoms with van der Waals surface area (Å²) in [6.45, 7) is 12.4. The molecular formula is C13H26N2O. The zero-order chi connectivity index (χ0) is 11.8. The van der Waals surface area contributed by atoms with Crippen molar-refractivity contribution in [2.75, 3.05) is 19.6 Å². The fourth-order valence-corrected chi connectivity index (χ4v) is 2.80. The van der Waals surface area contributed by atoms with E-state index in [1.165, 1.54) is 12.8 Å². The molecule has 0 radical (unpaired) electrons. The van der Waals surface area contributed by atoms with Gasteiger partial charge < -0.3 is 10.1 Å². The Morgan fingerprint density at radius 1 is 1.31 bits per heavy atom. The second-order valence-corrected chi connectivity index (χ2v) is 6.19. The average molecular weight is 226 g/mol. The Kier molecular flexibility index (Phi) is 3.57. The van der Waals surface area contributed by atoms with Gasteiger partial charge in [0, 0.05) is 31.2 Å². The predicted molar refractivity (Wildman–Crippen MR) is 66.7 cm³/mol. The Bertz CT molecular complexity index is 242. The molecule has 0 aromatic heterocycles. The molecule has 0 aromatic carbocycles. The molecule has 3 heteroatoms. The Labute approximate surface area is 99.5 Å². The van der Waals surface area contributed by atoms with Crippen LogP contribution in [0.15, 0.2) is 0 Å². The van der Waals surface area contributed by atoms with Crippen molar-refractivity contribution in [3.63, 3.8) is 0 Å². The molecule has 2 aliphatic rings. The molecule has 3 nitrogen and oxygen atoms in total. The van der Waals surface area contributed by atoms with Crippen LogP contribution in [0.2, 0.25) is 0 Å². The van der Waals surface area contributed by atoms with Gasteiger partial charge in [-0.25, -0.2) is 0 Å². The Hall–Kier alpha value is -0.120. The summed E-state index contributed by atoms with van der Waals surface area (Å²) in [7, 11) is 0. The van der Waals surface area contributed by atoms with E-state index in [1.807, 2.05) is 0 Å². The van der Waals surface area contributed by atoms with Crippen LogP contribution in [0.1, 0.15) is 40.5 Å². The van der Waals surface area contributed by atoms with Crippen LogP contribution in [-0.2, 0) is 4.74 Å². The van der Waals surface area contributed by atoms with Crippen LogP contribution in [0.25, 0.3) is 0 Å². The van der Waals surface area contributed by atoms with Crippen LogP contribution < -0.4 is 5.32 Å². The highest BCUT2D eigenvalue weighted by molar-refractivity contribution is 4.91. The zero-order valence-corrected chi connectivity index (χ0v) is 11.1. The van der Waals surface area contributed by atoms with Gasteiger partial charge in [0.05, 0.1) is 12.2 Å². The third-order valence-electron chi connectivity index (χ3n) is 3.86.